The lowest BCUT2D eigenvalue weighted by Crippen LogP contribution is -2.36. The summed E-state index contributed by atoms with van der Waals surface area (Å²) in [4.78, 5) is 8.43. The topological polar surface area (TPSA) is 73.6 Å². The lowest BCUT2D eigenvalue weighted by atomic mass is 9.77. The number of hydrogen-bond donors (Lipinski definition) is 1. The van der Waals surface area contributed by atoms with Crippen molar-refractivity contribution in [3.8, 4) is 5.75 Å². The normalized spacial score (nSPS) is 11.6. The maximum absolute atomic E-state index is 5.47. The molecule has 0 amide bonds. The van der Waals surface area contributed by atoms with E-state index in [1.807, 2.05) is 18.5 Å². The molecule has 0 bridgehead atoms. The number of para-hydroxylation sites is 1. The summed E-state index contributed by atoms with van der Waals surface area (Å²) in [5.41, 5.74) is 7.53. The third kappa shape index (κ3) is 6.65. The summed E-state index contributed by atoms with van der Waals surface area (Å²) in [6.07, 6.45) is 8.71. The zero-order valence-electron chi connectivity index (χ0n) is 29.1. The number of fused-ring (bicyclic) bond motifs is 1. The summed E-state index contributed by atoms with van der Waals surface area (Å²) in [6, 6.07) is 48.8. The Balaban J connectivity index is 1.08. The van der Waals surface area contributed by atoms with Gasteiger partial charge in [0.15, 0.2) is 5.16 Å². The fourth-order valence-corrected chi connectivity index (χ4v) is 8.15. The van der Waals surface area contributed by atoms with Crippen LogP contribution in [-0.2, 0) is 30.7 Å². The molecule has 52 heavy (non-hydrogen) atoms. The minimum atomic E-state index is -0.584. The molecule has 7 nitrogen and oxygen atoms in total. The van der Waals surface area contributed by atoms with E-state index in [0.717, 1.165) is 53.1 Å². The second-order valence-electron chi connectivity index (χ2n) is 12.9. The maximum atomic E-state index is 5.47. The Morgan fingerprint density at radius 1 is 0.750 bits per heavy atom. The molecule has 0 fully saturated rings. The van der Waals surface area contributed by atoms with Gasteiger partial charge in [0.25, 0.3) is 0 Å². The number of hydrogen-bond acceptors (Lipinski definition) is 5. The molecular weight excluding hydrogens is 661 g/mol. The molecule has 0 aliphatic carbocycles. The zero-order chi connectivity index (χ0) is 35.2. The van der Waals surface area contributed by atoms with Crippen LogP contribution in [0.3, 0.4) is 0 Å². The van der Waals surface area contributed by atoms with Crippen molar-refractivity contribution in [3.63, 3.8) is 0 Å². The van der Waals surface area contributed by atoms with Gasteiger partial charge in [-0.1, -0.05) is 133 Å². The molecule has 258 valence electrons. The van der Waals surface area contributed by atoms with Crippen LogP contribution in [-0.4, -0.2) is 36.4 Å². The van der Waals surface area contributed by atoms with E-state index < -0.39 is 5.54 Å². The average Bonchev–Trinajstić information content (AvgIpc) is 3.95. The van der Waals surface area contributed by atoms with Crippen LogP contribution in [0.5, 0.6) is 5.75 Å². The molecule has 3 aromatic heterocycles. The number of benzene rings is 5. The summed E-state index contributed by atoms with van der Waals surface area (Å²) in [5.74, 6) is 2.59. The molecule has 1 N–H and O–H groups in total. The van der Waals surface area contributed by atoms with Gasteiger partial charge in [-0.2, -0.15) is 0 Å². The number of aromatic nitrogens is 6. The Bertz CT molecular complexity index is 2270. The fourth-order valence-electron chi connectivity index (χ4n) is 7.22. The first-order valence-corrected chi connectivity index (χ1v) is 18.6. The molecule has 8 rings (SSSR count). The van der Waals surface area contributed by atoms with Crippen LogP contribution in [0.25, 0.3) is 10.9 Å². The van der Waals surface area contributed by atoms with Crippen LogP contribution < -0.4 is 4.74 Å². The molecule has 0 atom stereocenters. The van der Waals surface area contributed by atoms with Crippen molar-refractivity contribution in [1.29, 1.82) is 0 Å². The quantitative estimate of drug-likeness (QED) is 0.0905. The van der Waals surface area contributed by atoms with Crippen LogP contribution >= 0.6 is 11.8 Å². The molecule has 0 spiro atoms. The highest BCUT2D eigenvalue weighted by Gasteiger charge is 2.38. The molecule has 3 heterocycles. The summed E-state index contributed by atoms with van der Waals surface area (Å²) < 4.78 is 10.1. The minimum Gasteiger partial charge on any atom is -0.497 e. The second kappa shape index (κ2) is 15.2. The molecule has 8 heteroatoms. The number of H-pyrrole nitrogens is 1. The van der Waals surface area contributed by atoms with Crippen molar-refractivity contribution in [3.05, 3.63) is 198 Å². The second-order valence-corrected chi connectivity index (χ2v) is 13.9. The first kappa shape index (κ1) is 33.3. The molecule has 0 unspecified atom stereocenters. The van der Waals surface area contributed by atoms with Crippen molar-refractivity contribution in [2.24, 2.45) is 0 Å². The molecule has 0 aliphatic rings. The number of imidazole rings is 1. The Morgan fingerprint density at radius 3 is 2.12 bits per heavy atom. The summed E-state index contributed by atoms with van der Waals surface area (Å²) in [7, 11) is 1.70. The van der Waals surface area contributed by atoms with Gasteiger partial charge < -0.3 is 18.9 Å². The predicted octanol–water partition coefficient (Wildman–Crippen LogP) is 9.32. The molecule has 5 aromatic carbocycles. The van der Waals surface area contributed by atoms with E-state index in [0.29, 0.717) is 6.42 Å². The van der Waals surface area contributed by atoms with E-state index in [-0.39, 0.29) is 0 Å². The van der Waals surface area contributed by atoms with Gasteiger partial charge in [-0.25, -0.2) is 4.98 Å². The summed E-state index contributed by atoms with van der Waals surface area (Å²) in [6.45, 7) is 0.777. The largest absolute Gasteiger partial charge is 0.497 e. The lowest BCUT2D eigenvalue weighted by molar-refractivity contribution is 0.414. The number of ether oxygens (including phenoxy) is 1. The Morgan fingerprint density at radius 2 is 1.42 bits per heavy atom. The van der Waals surface area contributed by atoms with Crippen LogP contribution in [0.1, 0.15) is 45.8 Å². The van der Waals surface area contributed by atoms with E-state index in [1.165, 1.54) is 33.2 Å². The van der Waals surface area contributed by atoms with Gasteiger partial charge in [-0.15, -0.1) is 10.2 Å². The van der Waals surface area contributed by atoms with Crippen LogP contribution in [0.15, 0.2) is 163 Å². The molecular formula is C44H40N6OS. The van der Waals surface area contributed by atoms with Crippen molar-refractivity contribution < 1.29 is 4.74 Å². The Labute approximate surface area is 308 Å². The highest BCUT2D eigenvalue weighted by molar-refractivity contribution is 7.98. The van der Waals surface area contributed by atoms with E-state index in [9.17, 15) is 0 Å². The van der Waals surface area contributed by atoms with E-state index in [4.69, 9.17) is 19.9 Å². The van der Waals surface area contributed by atoms with Crippen molar-refractivity contribution in [1.82, 2.24) is 29.3 Å². The molecule has 0 saturated heterocycles. The van der Waals surface area contributed by atoms with Crippen LogP contribution in [0, 0.1) is 0 Å². The fraction of sp³-hybridized carbons (Fsp3) is 0.159. The highest BCUT2D eigenvalue weighted by atomic mass is 32.2. The van der Waals surface area contributed by atoms with Gasteiger partial charge in [0.05, 0.1) is 19.1 Å². The SMILES string of the molecule is COc1cccc(CSc2nnc(Cc3c[nH]c4ccccc34)n2CCCc2cn(C(c3ccccc3)(c3ccccc3)c3ccccc3)cn2)c1. The van der Waals surface area contributed by atoms with Crippen molar-refractivity contribution >= 4 is 22.7 Å². The van der Waals surface area contributed by atoms with Gasteiger partial charge >= 0.3 is 0 Å². The number of aromatic amines is 1. The van der Waals surface area contributed by atoms with Crippen molar-refractivity contribution in [2.75, 3.05) is 7.11 Å². The van der Waals surface area contributed by atoms with Gasteiger partial charge in [0.1, 0.15) is 17.1 Å². The first-order chi connectivity index (χ1) is 25.7. The lowest BCUT2D eigenvalue weighted by Gasteiger charge is -2.37. The zero-order valence-corrected chi connectivity index (χ0v) is 29.9. The Hall–Kier alpha value is -5.86. The number of nitrogens with zero attached hydrogens (tertiary/aromatic N) is 5. The van der Waals surface area contributed by atoms with Gasteiger partial charge in [0.2, 0.25) is 0 Å². The monoisotopic (exact) mass is 700 g/mol. The number of aryl methyl sites for hydroxylation is 1. The molecule has 0 aliphatic heterocycles. The van der Waals surface area contributed by atoms with Crippen LogP contribution in [0.4, 0.5) is 0 Å². The smallest absolute Gasteiger partial charge is 0.191 e. The highest BCUT2D eigenvalue weighted by Crippen LogP contribution is 2.41. The number of methoxy groups -OCH3 is 1. The molecule has 8 aromatic rings. The third-order valence-corrected chi connectivity index (χ3v) is 10.8. The van der Waals surface area contributed by atoms with Gasteiger partial charge in [-0.3, -0.25) is 0 Å². The third-order valence-electron chi connectivity index (χ3n) is 9.73. The Kier molecular flexibility index (Phi) is 9.71. The maximum Gasteiger partial charge on any atom is 0.191 e. The predicted molar refractivity (Wildman–Crippen MR) is 209 cm³/mol. The summed E-state index contributed by atoms with van der Waals surface area (Å²) >= 11 is 1.71. The van der Waals surface area contributed by atoms with Crippen LogP contribution in [0.2, 0.25) is 0 Å². The number of thioether (sulfide) groups is 1. The van der Waals surface area contributed by atoms with E-state index in [1.54, 1.807) is 18.9 Å². The molecule has 0 radical (unpaired) electrons. The van der Waals surface area contributed by atoms with Gasteiger partial charge in [0, 0.05) is 42.0 Å². The first-order valence-electron chi connectivity index (χ1n) is 17.6. The average molecular weight is 701 g/mol. The molecule has 0 saturated carbocycles. The van der Waals surface area contributed by atoms with Gasteiger partial charge in [-0.05, 0) is 58.9 Å². The van der Waals surface area contributed by atoms with Crippen molar-refractivity contribution in [2.45, 2.75) is 42.3 Å². The number of nitrogens with one attached hydrogen (secondary N) is 1. The van der Waals surface area contributed by atoms with E-state index in [2.05, 4.69) is 154 Å². The summed E-state index contributed by atoms with van der Waals surface area (Å²) in [5, 5.41) is 11.6. The standard InChI is InChI=1S/C44H40N6OS/c1-51-39-23-13-15-33(27-39)31-52-43-48-47-42(28-34-29-45-41-25-12-11-24-40(34)41)50(43)26-14-22-38-30-49(32-46-38)44(35-16-5-2-6-17-35,36-18-7-3-8-19-36)37-20-9-4-10-21-37/h2-13,15-21,23-25,27,29-30,32,45H,14,22,26,28,31H2,1H3. The van der Waals surface area contributed by atoms with E-state index >= 15 is 0 Å². The number of rotatable bonds is 14. The minimum absolute atomic E-state index is 0.584.